The highest BCUT2D eigenvalue weighted by Gasteiger charge is 2.33. The highest BCUT2D eigenvalue weighted by molar-refractivity contribution is 6.33. The van der Waals surface area contributed by atoms with Crippen molar-refractivity contribution in [1.82, 2.24) is 5.32 Å². The third-order valence-corrected chi connectivity index (χ3v) is 4.70. The van der Waals surface area contributed by atoms with Gasteiger partial charge in [-0.15, -0.1) is 0 Å². The summed E-state index contributed by atoms with van der Waals surface area (Å²) in [6, 6.07) is 7.49. The number of hydrogen-bond acceptors (Lipinski definition) is 2. The van der Waals surface area contributed by atoms with Crippen molar-refractivity contribution in [1.29, 1.82) is 0 Å². The van der Waals surface area contributed by atoms with Gasteiger partial charge in [0.2, 0.25) is 5.91 Å². The summed E-state index contributed by atoms with van der Waals surface area (Å²) in [7, 11) is 0. The van der Waals surface area contributed by atoms with Crippen LogP contribution in [0.15, 0.2) is 36.4 Å². The van der Waals surface area contributed by atoms with Crippen LogP contribution in [0.5, 0.6) is 0 Å². The number of anilines is 1. The molecule has 4 heteroatoms. The zero-order valence-corrected chi connectivity index (χ0v) is 12.9. The number of para-hydroxylation sites is 1. The maximum absolute atomic E-state index is 12.5. The summed E-state index contributed by atoms with van der Waals surface area (Å²) in [6.45, 7) is 1.67. The summed E-state index contributed by atoms with van der Waals surface area (Å²) in [6.07, 6.45) is 8.86. The van der Waals surface area contributed by atoms with E-state index in [0.29, 0.717) is 10.9 Å². The number of allylic oxidation sites excluding steroid dienone is 2. The fourth-order valence-corrected chi connectivity index (χ4v) is 3.37. The van der Waals surface area contributed by atoms with E-state index in [1.165, 1.54) is 6.42 Å². The zero-order chi connectivity index (χ0) is 14.7. The standard InChI is InChI=1S/C17H21ClN2O/c18-14-8-4-5-9-16(14)20-11-10-15(17(20)21)19-12-13-6-2-1-3-7-13/h1-2,4-5,8-9,13,15,19H,3,6-7,10-12H2. The molecular weight excluding hydrogens is 284 g/mol. The normalized spacial score (nSPS) is 25.6. The highest BCUT2D eigenvalue weighted by atomic mass is 35.5. The molecule has 2 atom stereocenters. The second-order valence-electron chi connectivity index (χ2n) is 5.84. The number of carbonyl (C=O) groups is 1. The van der Waals surface area contributed by atoms with Crippen molar-refractivity contribution in [2.45, 2.75) is 31.7 Å². The Bertz CT molecular complexity index is 543. The Morgan fingerprint density at radius 3 is 2.86 bits per heavy atom. The van der Waals surface area contributed by atoms with Gasteiger partial charge in [-0.1, -0.05) is 35.9 Å². The molecule has 1 aliphatic carbocycles. The van der Waals surface area contributed by atoms with Gasteiger partial charge in [-0.05, 0) is 50.3 Å². The molecule has 1 saturated heterocycles. The number of nitrogens with zero attached hydrogens (tertiary/aromatic N) is 1. The first-order chi connectivity index (χ1) is 10.3. The molecule has 0 aromatic heterocycles. The van der Waals surface area contributed by atoms with Crippen molar-refractivity contribution < 1.29 is 4.79 Å². The second kappa shape index (κ2) is 6.63. The van der Waals surface area contributed by atoms with Crippen molar-refractivity contribution in [2.24, 2.45) is 5.92 Å². The van der Waals surface area contributed by atoms with Gasteiger partial charge >= 0.3 is 0 Å². The molecule has 0 spiro atoms. The lowest BCUT2D eigenvalue weighted by molar-refractivity contribution is -0.118. The van der Waals surface area contributed by atoms with Crippen LogP contribution in [0.4, 0.5) is 5.69 Å². The number of nitrogens with one attached hydrogen (secondary N) is 1. The van der Waals surface area contributed by atoms with E-state index in [2.05, 4.69) is 17.5 Å². The van der Waals surface area contributed by atoms with E-state index in [1.54, 1.807) is 4.90 Å². The molecule has 2 unspecified atom stereocenters. The Balaban J connectivity index is 1.59. The molecular formula is C17H21ClN2O. The van der Waals surface area contributed by atoms with E-state index >= 15 is 0 Å². The zero-order valence-electron chi connectivity index (χ0n) is 12.1. The molecule has 1 aliphatic heterocycles. The van der Waals surface area contributed by atoms with Gasteiger partial charge in [0.05, 0.1) is 16.8 Å². The minimum Gasteiger partial charge on any atom is -0.310 e. The monoisotopic (exact) mass is 304 g/mol. The molecule has 1 aromatic carbocycles. The number of hydrogen-bond donors (Lipinski definition) is 1. The minimum atomic E-state index is -0.0628. The molecule has 0 bridgehead atoms. The van der Waals surface area contributed by atoms with E-state index in [4.69, 9.17) is 11.6 Å². The summed E-state index contributed by atoms with van der Waals surface area (Å²) in [5, 5.41) is 4.09. The van der Waals surface area contributed by atoms with Gasteiger partial charge in [-0.3, -0.25) is 4.79 Å². The predicted octanol–water partition coefficient (Wildman–Crippen LogP) is 3.39. The minimum absolute atomic E-state index is 0.0628. The van der Waals surface area contributed by atoms with Crippen LogP contribution >= 0.6 is 11.6 Å². The van der Waals surface area contributed by atoms with Crippen molar-refractivity contribution in [3.05, 3.63) is 41.4 Å². The Hall–Kier alpha value is -1.32. The number of rotatable bonds is 4. The topological polar surface area (TPSA) is 32.3 Å². The predicted molar refractivity (Wildman–Crippen MR) is 86.7 cm³/mol. The van der Waals surface area contributed by atoms with Gasteiger partial charge in [0.1, 0.15) is 0 Å². The molecule has 1 fully saturated rings. The summed E-state index contributed by atoms with van der Waals surface area (Å²) >= 11 is 6.19. The van der Waals surface area contributed by atoms with Gasteiger partial charge in [0.15, 0.2) is 0 Å². The largest absolute Gasteiger partial charge is 0.310 e. The lowest BCUT2D eigenvalue weighted by atomic mass is 9.94. The van der Waals surface area contributed by atoms with Gasteiger partial charge in [-0.2, -0.15) is 0 Å². The fourth-order valence-electron chi connectivity index (χ4n) is 3.13. The molecule has 1 N–H and O–H groups in total. The summed E-state index contributed by atoms with van der Waals surface area (Å²) < 4.78 is 0. The van der Waals surface area contributed by atoms with Crippen LogP contribution in [-0.2, 0) is 4.79 Å². The van der Waals surface area contributed by atoms with Crippen LogP contribution in [0.25, 0.3) is 0 Å². The van der Waals surface area contributed by atoms with Crippen molar-refractivity contribution in [3.63, 3.8) is 0 Å². The van der Waals surface area contributed by atoms with E-state index in [1.807, 2.05) is 24.3 Å². The summed E-state index contributed by atoms with van der Waals surface area (Å²) in [4.78, 5) is 14.3. The maximum Gasteiger partial charge on any atom is 0.244 e. The first-order valence-electron chi connectivity index (χ1n) is 7.70. The molecule has 1 aromatic rings. The third-order valence-electron chi connectivity index (χ3n) is 4.38. The van der Waals surface area contributed by atoms with Crippen molar-refractivity contribution >= 4 is 23.2 Å². The molecule has 112 valence electrons. The van der Waals surface area contributed by atoms with E-state index in [-0.39, 0.29) is 11.9 Å². The van der Waals surface area contributed by atoms with Crippen LogP contribution in [-0.4, -0.2) is 25.0 Å². The number of amides is 1. The Morgan fingerprint density at radius 1 is 1.24 bits per heavy atom. The van der Waals surface area contributed by atoms with E-state index < -0.39 is 0 Å². The average Bonchev–Trinajstić information content (AvgIpc) is 2.88. The Morgan fingerprint density at radius 2 is 2.10 bits per heavy atom. The highest BCUT2D eigenvalue weighted by Crippen LogP contribution is 2.29. The van der Waals surface area contributed by atoms with Crippen molar-refractivity contribution in [2.75, 3.05) is 18.0 Å². The first-order valence-corrected chi connectivity index (χ1v) is 8.08. The SMILES string of the molecule is O=C1C(NCC2CC=CCC2)CCN1c1ccccc1Cl. The molecule has 0 saturated carbocycles. The molecule has 1 heterocycles. The van der Waals surface area contributed by atoms with Crippen LogP contribution in [0.1, 0.15) is 25.7 Å². The molecule has 21 heavy (non-hydrogen) atoms. The number of carbonyl (C=O) groups excluding carboxylic acids is 1. The Labute approximate surface area is 131 Å². The molecule has 3 nitrogen and oxygen atoms in total. The summed E-state index contributed by atoms with van der Waals surface area (Å²) in [5.41, 5.74) is 0.828. The van der Waals surface area contributed by atoms with Crippen LogP contribution in [0, 0.1) is 5.92 Å². The fraction of sp³-hybridized carbons (Fsp3) is 0.471. The number of benzene rings is 1. The third kappa shape index (κ3) is 3.30. The average molecular weight is 305 g/mol. The smallest absolute Gasteiger partial charge is 0.244 e. The van der Waals surface area contributed by atoms with Gasteiger partial charge in [-0.25, -0.2) is 0 Å². The lowest BCUT2D eigenvalue weighted by Crippen LogP contribution is -2.40. The lowest BCUT2D eigenvalue weighted by Gasteiger charge is -2.21. The van der Waals surface area contributed by atoms with E-state index in [9.17, 15) is 4.79 Å². The molecule has 1 amide bonds. The quantitative estimate of drug-likeness (QED) is 0.865. The van der Waals surface area contributed by atoms with Crippen LogP contribution in [0.2, 0.25) is 5.02 Å². The van der Waals surface area contributed by atoms with Crippen LogP contribution in [0.3, 0.4) is 0 Å². The molecule has 2 aliphatic rings. The van der Waals surface area contributed by atoms with Gasteiger partial charge in [0, 0.05) is 6.54 Å². The second-order valence-corrected chi connectivity index (χ2v) is 6.25. The number of halogens is 1. The Kier molecular flexibility index (Phi) is 4.61. The van der Waals surface area contributed by atoms with E-state index in [0.717, 1.165) is 38.0 Å². The van der Waals surface area contributed by atoms with Crippen LogP contribution < -0.4 is 10.2 Å². The maximum atomic E-state index is 12.5. The van der Waals surface area contributed by atoms with Gasteiger partial charge in [0.25, 0.3) is 0 Å². The first kappa shape index (κ1) is 14.6. The summed E-state index contributed by atoms with van der Waals surface area (Å²) in [5.74, 6) is 0.812. The molecule has 3 rings (SSSR count). The van der Waals surface area contributed by atoms with Gasteiger partial charge < -0.3 is 10.2 Å². The molecule has 0 radical (unpaired) electrons. The van der Waals surface area contributed by atoms with Crippen molar-refractivity contribution in [3.8, 4) is 0 Å².